The Morgan fingerprint density at radius 1 is 0.680 bits per heavy atom. The van der Waals surface area contributed by atoms with E-state index >= 15 is 0 Å². The van der Waals surface area contributed by atoms with E-state index in [1.807, 2.05) is 18.3 Å². The zero-order valence-electron chi connectivity index (χ0n) is 14.1. The van der Waals surface area contributed by atoms with Crippen molar-refractivity contribution in [2.24, 2.45) is 0 Å². The summed E-state index contributed by atoms with van der Waals surface area (Å²) in [7, 11) is 0. The predicted molar refractivity (Wildman–Crippen MR) is 103 cm³/mol. The van der Waals surface area contributed by atoms with Gasteiger partial charge in [0.2, 0.25) is 0 Å². The van der Waals surface area contributed by atoms with Crippen LogP contribution in [-0.2, 0) is 0 Å². The molecular weight excluding hydrogens is 304 g/mol. The van der Waals surface area contributed by atoms with Crippen molar-refractivity contribution in [3.05, 3.63) is 97.0 Å². The first-order valence-corrected chi connectivity index (χ1v) is 8.35. The molecule has 0 saturated carbocycles. The molecule has 3 aromatic carbocycles. The van der Waals surface area contributed by atoms with Crippen molar-refractivity contribution in [2.75, 3.05) is 0 Å². The van der Waals surface area contributed by atoms with Crippen LogP contribution in [0.5, 0.6) is 0 Å². The molecule has 0 amide bonds. The van der Waals surface area contributed by atoms with Gasteiger partial charge in [-0.1, -0.05) is 66.7 Å². The van der Waals surface area contributed by atoms with Gasteiger partial charge in [-0.3, -0.25) is 9.97 Å². The number of aromatic nitrogens is 2. The molecule has 0 unspecified atom stereocenters. The van der Waals surface area contributed by atoms with E-state index in [2.05, 4.69) is 77.6 Å². The molecule has 0 aliphatic carbocycles. The fraction of sp³-hybridized carbons (Fsp3) is 0.0435. The van der Waals surface area contributed by atoms with Crippen molar-refractivity contribution < 1.29 is 0 Å². The molecule has 0 aliphatic rings. The monoisotopic (exact) mass is 322 g/mol. The van der Waals surface area contributed by atoms with Crippen molar-refractivity contribution in [3.8, 4) is 33.5 Å². The van der Waals surface area contributed by atoms with Gasteiger partial charge in [-0.25, -0.2) is 0 Å². The van der Waals surface area contributed by atoms with Gasteiger partial charge in [0.1, 0.15) is 0 Å². The van der Waals surface area contributed by atoms with E-state index in [-0.39, 0.29) is 0 Å². The molecule has 0 spiro atoms. The first kappa shape index (κ1) is 15.3. The molecule has 0 bridgehead atoms. The lowest BCUT2D eigenvalue weighted by Crippen LogP contribution is -1.94. The van der Waals surface area contributed by atoms with Gasteiger partial charge in [0, 0.05) is 18.0 Å². The molecule has 4 aromatic rings. The minimum Gasteiger partial charge on any atom is -0.261 e. The van der Waals surface area contributed by atoms with Crippen LogP contribution in [0.3, 0.4) is 0 Å². The molecule has 2 nitrogen and oxygen atoms in total. The van der Waals surface area contributed by atoms with Crippen LogP contribution < -0.4 is 0 Å². The van der Waals surface area contributed by atoms with E-state index < -0.39 is 0 Å². The lowest BCUT2D eigenvalue weighted by atomic mass is 9.88. The van der Waals surface area contributed by atoms with E-state index in [1.165, 1.54) is 27.8 Å². The summed E-state index contributed by atoms with van der Waals surface area (Å²) in [4.78, 5) is 8.81. The Labute approximate surface area is 147 Å². The van der Waals surface area contributed by atoms with Crippen LogP contribution >= 0.6 is 0 Å². The summed E-state index contributed by atoms with van der Waals surface area (Å²) >= 11 is 0. The summed E-state index contributed by atoms with van der Waals surface area (Å²) < 4.78 is 0. The lowest BCUT2D eigenvalue weighted by molar-refractivity contribution is 1.20. The van der Waals surface area contributed by atoms with Gasteiger partial charge in [0.15, 0.2) is 0 Å². The lowest BCUT2D eigenvalue weighted by Gasteiger charge is -2.17. The summed E-state index contributed by atoms with van der Waals surface area (Å²) in [5, 5.41) is 0. The van der Waals surface area contributed by atoms with Gasteiger partial charge in [0.25, 0.3) is 0 Å². The Morgan fingerprint density at radius 2 is 1.32 bits per heavy atom. The summed E-state index contributed by atoms with van der Waals surface area (Å²) in [5.74, 6) is 0. The molecule has 1 heterocycles. The van der Waals surface area contributed by atoms with Crippen molar-refractivity contribution in [1.82, 2.24) is 9.97 Å². The first-order valence-electron chi connectivity index (χ1n) is 8.35. The summed E-state index contributed by atoms with van der Waals surface area (Å²) in [6.45, 7) is 2.13. The second-order valence-corrected chi connectivity index (χ2v) is 6.06. The number of benzene rings is 3. The number of nitrogens with zero attached hydrogens (tertiary/aromatic N) is 2. The molecule has 0 atom stereocenters. The van der Waals surface area contributed by atoms with Crippen molar-refractivity contribution in [2.45, 2.75) is 6.92 Å². The van der Waals surface area contributed by atoms with E-state index in [0.717, 1.165) is 11.3 Å². The van der Waals surface area contributed by atoms with E-state index in [9.17, 15) is 0 Å². The zero-order valence-corrected chi connectivity index (χ0v) is 14.1. The fourth-order valence-corrected chi connectivity index (χ4v) is 3.19. The van der Waals surface area contributed by atoms with Crippen molar-refractivity contribution >= 4 is 0 Å². The molecule has 0 saturated heterocycles. The van der Waals surface area contributed by atoms with Gasteiger partial charge in [0.05, 0.1) is 11.9 Å². The highest BCUT2D eigenvalue weighted by Gasteiger charge is 2.15. The third kappa shape index (κ3) is 3.07. The third-order valence-corrected chi connectivity index (χ3v) is 4.27. The average molecular weight is 322 g/mol. The molecule has 2 heteroatoms. The number of rotatable bonds is 3. The van der Waals surface area contributed by atoms with Crippen LogP contribution in [0.15, 0.2) is 91.4 Å². The van der Waals surface area contributed by atoms with E-state index in [0.29, 0.717) is 0 Å². The highest BCUT2D eigenvalue weighted by molar-refractivity contribution is 5.94. The van der Waals surface area contributed by atoms with Gasteiger partial charge in [-0.2, -0.15) is 0 Å². The smallest absolute Gasteiger partial charge is 0.0891 e. The van der Waals surface area contributed by atoms with Crippen molar-refractivity contribution in [3.63, 3.8) is 0 Å². The minimum absolute atomic E-state index is 0.891. The SMILES string of the molecule is Cc1cc(-c2ccccc2)c(-c2ccccc2)c(-c2cnccn2)c1. The average Bonchev–Trinajstić information content (AvgIpc) is 2.69. The maximum atomic E-state index is 4.55. The molecule has 0 radical (unpaired) electrons. The Balaban J connectivity index is 2.07. The largest absolute Gasteiger partial charge is 0.261 e. The highest BCUT2D eigenvalue weighted by Crippen LogP contribution is 2.40. The van der Waals surface area contributed by atoms with Gasteiger partial charge in [-0.05, 0) is 40.8 Å². The molecule has 4 rings (SSSR count). The summed E-state index contributed by atoms with van der Waals surface area (Å²) in [6.07, 6.45) is 5.28. The number of hydrogen-bond donors (Lipinski definition) is 0. The molecule has 1 aromatic heterocycles. The van der Waals surface area contributed by atoms with Gasteiger partial charge in [-0.15, -0.1) is 0 Å². The molecule has 0 fully saturated rings. The second kappa shape index (κ2) is 6.70. The minimum atomic E-state index is 0.891. The fourth-order valence-electron chi connectivity index (χ4n) is 3.19. The Bertz CT molecular complexity index is 918. The van der Waals surface area contributed by atoms with Crippen LogP contribution in [0, 0.1) is 6.92 Å². The molecule has 25 heavy (non-hydrogen) atoms. The first-order chi connectivity index (χ1) is 12.3. The number of hydrogen-bond acceptors (Lipinski definition) is 2. The zero-order chi connectivity index (χ0) is 17.1. The van der Waals surface area contributed by atoms with Gasteiger partial charge < -0.3 is 0 Å². The van der Waals surface area contributed by atoms with Crippen LogP contribution in [0.2, 0.25) is 0 Å². The summed E-state index contributed by atoms with van der Waals surface area (Å²) in [5.41, 5.74) is 8.00. The van der Waals surface area contributed by atoms with Crippen molar-refractivity contribution in [1.29, 1.82) is 0 Å². The normalized spacial score (nSPS) is 10.6. The maximum absolute atomic E-state index is 4.55. The molecule has 120 valence electrons. The highest BCUT2D eigenvalue weighted by atomic mass is 14.8. The topological polar surface area (TPSA) is 25.8 Å². The second-order valence-electron chi connectivity index (χ2n) is 6.06. The van der Waals surface area contributed by atoms with Crippen LogP contribution in [-0.4, -0.2) is 9.97 Å². The van der Waals surface area contributed by atoms with Crippen LogP contribution in [0.4, 0.5) is 0 Å². The Morgan fingerprint density at radius 3 is 1.96 bits per heavy atom. The van der Waals surface area contributed by atoms with Crippen LogP contribution in [0.1, 0.15) is 5.56 Å². The quantitative estimate of drug-likeness (QED) is 0.477. The molecule has 0 N–H and O–H groups in total. The van der Waals surface area contributed by atoms with Gasteiger partial charge >= 0.3 is 0 Å². The van der Waals surface area contributed by atoms with E-state index in [1.54, 1.807) is 12.4 Å². The maximum Gasteiger partial charge on any atom is 0.0891 e. The van der Waals surface area contributed by atoms with E-state index in [4.69, 9.17) is 0 Å². The number of aryl methyl sites for hydroxylation is 1. The predicted octanol–water partition coefficient (Wildman–Crippen LogP) is 5.79. The Hall–Kier alpha value is -3.26. The molecule has 0 aliphatic heterocycles. The third-order valence-electron chi connectivity index (χ3n) is 4.27. The van der Waals surface area contributed by atoms with Crippen LogP contribution in [0.25, 0.3) is 33.5 Å². The molecular formula is C23H18N2. The Kier molecular flexibility index (Phi) is 4.09. The standard InChI is InChI=1S/C23H18N2/c1-17-14-20(18-8-4-2-5-9-18)23(19-10-6-3-7-11-19)21(15-17)22-16-24-12-13-25-22/h2-16H,1H3. The summed E-state index contributed by atoms with van der Waals surface area (Å²) in [6, 6.07) is 25.4.